The van der Waals surface area contributed by atoms with Crippen molar-refractivity contribution in [2.45, 2.75) is 19.3 Å². The number of carbonyl (C=O) groups is 2. The lowest BCUT2D eigenvalue weighted by Gasteiger charge is -2.05. The molecule has 1 amide bonds. The first-order valence-corrected chi connectivity index (χ1v) is 9.13. The Morgan fingerprint density at radius 2 is 1.96 bits per heavy atom. The number of hydrogen-bond acceptors (Lipinski definition) is 4. The van der Waals surface area contributed by atoms with E-state index in [1.807, 2.05) is 17.5 Å². The van der Waals surface area contributed by atoms with Crippen LogP contribution >= 0.6 is 11.3 Å². The molecule has 7 heteroatoms. The summed E-state index contributed by atoms with van der Waals surface area (Å²) in [5.41, 5.74) is 2.29. The van der Waals surface area contributed by atoms with Crippen LogP contribution in [0.1, 0.15) is 28.9 Å². The van der Waals surface area contributed by atoms with E-state index in [1.54, 1.807) is 17.7 Å². The Balaban J connectivity index is 1.43. The SMILES string of the molecule is O=C(CCC(=O)c1ccc(F)cc1)NCCc1[nH]cnc1-c1cccs1. The fourth-order valence-electron chi connectivity index (χ4n) is 2.56. The van der Waals surface area contributed by atoms with Crippen LogP contribution in [0.3, 0.4) is 0 Å². The van der Waals surface area contributed by atoms with Gasteiger partial charge in [-0.3, -0.25) is 9.59 Å². The first-order valence-electron chi connectivity index (χ1n) is 8.25. The van der Waals surface area contributed by atoms with E-state index in [0.717, 1.165) is 16.3 Å². The highest BCUT2D eigenvalue weighted by molar-refractivity contribution is 7.13. The molecule has 0 saturated heterocycles. The molecule has 3 rings (SSSR count). The van der Waals surface area contributed by atoms with Gasteiger partial charge >= 0.3 is 0 Å². The molecule has 0 aliphatic heterocycles. The first-order chi connectivity index (χ1) is 12.6. The number of aromatic nitrogens is 2. The Labute approximate surface area is 154 Å². The third kappa shape index (κ3) is 4.64. The second-order valence-corrected chi connectivity index (χ2v) is 6.68. The lowest BCUT2D eigenvalue weighted by Crippen LogP contribution is -2.26. The van der Waals surface area contributed by atoms with Crippen LogP contribution in [-0.4, -0.2) is 28.2 Å². The largest absolute Gasteiger partial charge is 0.356 e. The summed E-state index contributed by atoms with van der Waals surface area (Å²) in [4.78, 5) is 32.4. The van der Waals surface area contributed by atoms with Gasteiger partial charge in [-0.1, -0.05) is 6.07 Å². The van der Waals surface area contributed by atoms with Crippen molar-refractivity contribution in [3.63, 3.8) is 0 Å². The Morgan fingerprint density at radius 3 is 2.69 bits per heavy atom. The van der Waals surface area contributed by atoms with Crippen LogP contribution in [0, 0.1) is 5.82 Å². The van der Waals surface area contributed by atoms with Crippen molar-refractivity contribution in [2.24, 2.45) is 0 Å². The number of carbonyl (C=O) groups excluding carboxylic acids is 2. The number of aromatic amines is 1. The molecule has 0 bridgehead atoms. The van der Waals surface area contributed by atoms with Crippen molar-refractivity contribution < 1.29 is 14.0 Å². The summed E-state index contributed by atoms with van der Waals surface area (Å²) in [6.45, 7) is 0.462. The lowest BCUT2D eigenvalue weighted by atomic mass is 10.1. The molecule has 1 aromatic carbocycles. The van der Waals surface area contributed by atoms with Crippen LogP contribution in [0.4, 0.5) is 4.39 Å². The average Bonchev–Trinajstić information content (AvgIpc) is 3.31. The van der Waals surface area contributed by atoms with Crippen LogP contribution in [-0.2, 0) is 11.2 Å². The smallest absolute Gasteiger partial charge is 0.220 e. The summed E-state index contributed by atoms with van der Waals surface area (Å²) < 4.78 is 12.9. The number of rotatable bonds is 8. The molecule has 3 aromatic rings. The molecular weight excluding hydrogens is 353 g/mol. The van der Waals surface area contributed by atoms with E-state index < -0.39 is 0 Å². The molecule has 2 N–H and O–H groups in total. The van der Waals surface area contributed by atoms with Gasteiger partial charge in [0.15, 0.2) is 5.78 Å². The maximum atomic E-state index is 12.9. The quantitative estimate of drug-likeness (QED) is 0.594. The summed E-state index contributed by atoms with van der Waals surface area (Å²) in [6, 6.07) is 9.31. The van der Waals surface area contributed by atoms with Crippen molar-refractivity contribution >= 4 is 23.0 Å². The maximum Gasteiger partial charge on any atom is 0.220 e. The van der Waals surface area contributed by atoms with Crippen LogP contribution in [0.15, 0.2) is 48.1 Å². The van der Waals surface area contributed by atoms with E-state index in [1.165, 1.54) is 24.3 Å². The number of thiophene rings is 1. The van der Waals surface area contributed by atoms with Gasteiger partial charge in [0.05, 0.1) is 11.2 Å². The minimum atomic E-state index is -0.389. The molecular formula is C19H18FN3O2S. The van der Waals surface area contributed by atoms with Gasteiger partial charge in [-0.25, -0.2) is 9.37 Å². The summed E-state index contributed by atoms with van der Waals surface area (Å²) >= 11 is 1.61. The van der Waals surface area contributed by atoms with Crippen molar-refractivity contribution in [1.29, 1.82) is 0 Å². The van der Waals surface area contributed by atoms with E-state index in [2.05, 4.69) is 15.3 Å². The highest BCUT2D eigenvalue weighted by Gasteiger charge is 2.11. The van der Waals surface area contributed by atoms with Crippen molar-refractivity contribution in [3.8, 4) is 10.6 Å². The van der Waals surface area contributed by atoms with Gasteiger partial charge in [-0.2, -0.15) is 0 Å². The predicted octanol–water partition coefficient (Wildman–Crippen LogP) is 3.60. The van der Waals surface area contributed by atoms with Gasteiger partial charge < -0.3 is 10.3 Å². The van der Waals surface area contributed by atoms with Gasteiger partial charge in [0.1, 0.15) is 11.5 Å². The van der Waals surface area contributed by atoms with Crippen molar-refractivity contribution in [2.75, 3.05) is 6.54 Å². The van der Waals surface area contributed by atoms with Crippen LogP contribution in [0.5, 0.6) is 0 Å². The van der Waals surface area contributed by atoms with Gasteiger partial charge in [0.2, 0.25) is 5.91 Å². The molecule has 0 saturated carbocycles. The first kappa shape index (κ1) is 18.0. The average molecular weight is 371 g/mol. The molecule has 26 heavy (non-hydrogen) atoms. The number of amides is 1. The molecule has 2 heterocycles. The summed E-state index contributed by atoms with van der Waals surface area (Å²) in [6.07, 6.45) is 2.48. The van der Waals surface area contributed by atoms with Gasteiger partial charge in [-0.05, 0) is 35.7 Å². The summed E-state index contributed by atoms with van der Waals surface area (Å²) in [7, 11) is 0. The molecule has 0 unspecified atom stereocenters. The molecule has 0 spiro atoms. The van der Waals surface area contributed by atoms with E-state index in [-0.39, 0.29) is 30.3 Å². The molecule has 2 aromatic heterocycles. The Hall–Kier alpha value is -2.80. The van der Waals surface area contributed by atoms with Gasteiger partial charge in [0.25, 0.3) is 0 Å². The second-order valence-electron chi connectivity index (χ2n) is 5.74. The van der Waals surface area contributed by atoms with E-state index in [9.17, 15) is 14.0 Å². The van der Waals surface area contributed by atoms with Crippen LogP contribution < -0.4 is 5.32 Å². The highest BCUT2D eigenvalue weighted by atomic mass is 32.1. The molecule has 0 radical (unpaired) electrons. The van der Waals surface area contributed by atoms with Gasteiger partial charge in [-0.15, -0.1) is 11.3 Å². The number of hydrogen-bond donors (Lipinski definition) is 2. The maximum absolute atomic E-state index is 12.9. The number of Topliss-reactive ketones (excluding diaryl/α,β-unsaturated/α-hetero) is 1. The van der Waals surface area contributed by atoms with Crippen LogP contribution in [0.2, 0.25) is 0 Å². The molecule has 0 atom stereocenters. The molecule has 5 nitrogen and oxygen atoms in total. The van der Waals surface area contributed by atoms with Crippen LogP contribution in [0.25, 0.3) is 10.6 Å². The van der Waals surface area contributed by atoms with Crippen molar-refractivity contribution in [1.82, 2.24) is 15.3 Å². The zero-order valence-electron chi connectivity index (χ0n) is 14.0. The number of nitrogens with one attached hydrogen (secondary N) is 2. The fourth-order valence-corrected chi connectivity index (χ4v) is 3.31. The number of ketones is 1. The Kier molecular flexibility index (Phi) is 5.91. The summed E-state index contributed by atoms with van der Waals surface area (Å²) in [5, 5.41) is 4.81. The molecule has 0 fully saturated rings. The van der Waals surface area contributed by atoms with E-state index in [0.29, 0.717) is 18.5 Å². The minimum absolute atomic E-state index is 0.0992. The number of H-pyrrole nitrogens is 1. The number of imidazole rings is 1. The lowest BCUT2D eigenvalue weighted by molar-refractivity contribution is -0.121. The zero-order chi connectivity index (χ0) is 18.4. The fraction of sp³-hybridized carbons (Fsp3) is 0.211. The van der Waals surface area contributed by atoms with E-state index in [4.69, 9.17) is 0 Å². The standard InChI is InChI=1S/C19H18FN3O2S/c20-14-5-3-13(4-6-14)16(24)7-8-18(25)21-10-9-15-19(23-12-22-15)17-2-1-11-26-17/h1-6,11-12H,7-10H2,(H,21,25)(H,22,23). The zero-order valence-corrected chi connectivity index (χ0v) is 14.8. The predicted molar refractivity (Wildman–Crippen MR) is 98.6 cm³/mol. The molecule has 0 aliphatic rings. The molecule has 0 aliphatic carbocycles. The molecule has 134 valence electrons. The van der Waals surface area contributed by atoms with E-state index >= 15 is 0 Å². The Bertz CT molecular complexity index is 873. The normalized spacial score (nSPS) is 10.7. The number of benzene rings is 1. The monoisotopic (exact) mass is 371 g/mol. The van der Waals surface area contributed by atoms with Crippen molar-refractivity contribution in [3.05, 3.63) is 65.2 Å². The van der Waals surface area contributed by atoms with Gasteiger partial charge in [0, 0.05) is 37.1 Å². The topological polar surface area (TPSA) is 74.8 Å². The second kappa shape index (κ2) is 8.53. The minimum Gasteiger partial charge on any atom is -0.356 e. The highest BCUT2D eigenvalue weighted by Crippen LogP contribution is 2.25. The summed E-state index contributed by atoms with van der Waals surface area (Å²) in [5.74, 6) is -0.744. The third-order valence-corrected chi connectivity index (χ3v) is 4.79. The number of nitrogens with zero attached hydrogens (tertiary/aromatic N) is 1. The number of halogens is 1. The third-order valence-electron chi connectivity index (χ3n) is 3.92. The Morgan fingerprint density at radius 1 is 1.15 bits per heavy atom.